The van der Waals surface area contributed by atoms with Crippen LogP contribution >= 0.6 is 0 Å². The SMILES string of the molecule is Cc1ccc(CNCc2ncn(C)n2)o1. The van der Waals surface area contributed by atoms with Gasteiger partial charge in [0, 0.05) is 7.05 Å². The highest BCUT2D eigenvalue weighted by Gasteiger charge is 2.00. The monoisotopic (exact) mass is 206 g/mol. The average Bonchev–Trinajstić information content (AvgIpc) is 2.76. The molecule has 2 rings (SSSR count). The van der Waals surface area contributed by atoms with Crippen LogP contribution in [0.3, 0.4) is 0 Å². The Hall–Kier alpha value is -1.62. The Morgan fingerprint density at radius 2 is 2.27 bits per heavy atom. The molecule has 0 saturated carbocycles. The van der Waals surface area contributed by atoms with Crippen LogP contribution in [-0.2, 0) is 20.1 Å². The van der Waals surface area contributed by atoms with Crippen molar-refractivity contribution in [3.05, 3.63) is 35.8 Å². The van der Waals surface area contributed by atoms with Gasteiger partial charge in [-0.3, -0.25) is 4.68 Å². The fourth-order valence-electron chi connectivity index (χ4n) is 1.34. The Morgan fingerprint density at radius 1 is 1.40 bits per heavy atom. The minimum absolute atomic E-state index is 0.653. The molecule has 0 amide bonds. The van der Waals surface area contributed by atoms with Crippen LogP contribution in [0.4, 0.5) is 0 Å². The number of nitrogens with one attached hydrogen (secondary N) is 1. The summed E-state index contributed by atoms with van der Waals surface area (Å²) in [5, 5.41) is 7.37. The Kier molecular flexibility index (Phi) is 2.82. The Bertz CT molecular complexity index is 392. The van der Waals surface area contributed by atoms with Gasteiger partial charge >= 0.3 is 0 Å². The van der Waals surface area contributed by atoms with Crippen LogP contribution in [0, 0.1) is 6.92 Å². The molecule has 0 unspecified atom stereocenters. The van der Waals surface area contributed by atoms with Crippen molar-refractivity contribution < 1.29 is 4.42 Å². The van der Waals surface area contributed by atoms with Crippen molar-refractivity contribution in [2.75, 3.05) is 0 Å². The fourth-order valence-corrected chi connectivity index (χ4v) is 1.34. The van der Waals surface area contributed by atoms with Gasteiger partial charge in [-0.05, 0) is 19.1 Å². The number of furan rings is 1. The maximum absolute atomic E-state index is 5.42. The first-order valence-corrected chi connectivity index (χ1v) is 4.84. The first-order chi connectivity index (χ1) is 7.24. The second-order valence-electron chi connectivity index (χ2n) is 3.45. The lowest BCUT2D eigenvalue weighted by Crippen LogP contribution is -2.13. The average molecular weight is 206 g/mol. The standard InChI is InChI=1S/C10H14N4O/c1-8-3-4-9(15-8)5-11-6-10-12-7-14(2)13-10/h3-4,7,11H,5-6H2,1-2H3. The van der Waals surface area contributed by atoms with Gasteiger partial charge < -0.3 is 9.73 Å². The summed E-state index contributed by atoms with van der Waals surface area (Å²) < 4.78 is 7.11. The Balaban J connectivity index is 1.80. The molecule has 2 aromatic heterocycles. The molecular weight excluding hydrogens is 192 g/mol. The van der Waals surface area contributed by atoms with E-state index in [2.05, 4.69) is 15.4 Å². The zero-order chi connectivity index (χ0) is 10.7. The van der Waals surface area contributed by atoms with Crippen LogP contribution in [0.1, 0.15) is 17.3 Å². The van der Waals surface area contributed by atoms with Gasteiger partial charge in [-0.15, -0.1) is 0 Å². The van der Waals surface area contributed by atoms with Crippen molar-refractivity contribution in [3.8, 4) is 0 Å². The van der Waals surface area contributed by atoms with Gasteiger partial charge in [0.1, 0.15) is 17.8 Å². The number of hydrogen-bond acceptors (Lipinski definition) is 4. The first kappa shape index (κ1) is 9.92. The van der Waals surface area contributed by atoms with Gasteiger partial charge in [0.05, 0.1) is 13.1 Å². The molecular formula is C10H14N4O. The summed E-state index contributed by atoms with van der Waals surface area (Å²) in [5.74, 6) is 2.66. The minimum atomic E-state index is 0.653. The normalized spacial score (nSPS) is 10.8. The number of aryl methyl sites for hydroxylation is 2. The number of nitrogens with zero attached hydrogens (tertiary/aromatic N) is 3. The van der Waals surface area contributed by atoms with E-state index in [0.717, 1.165) is 17.3 Å². The van der Waals surface area contributed by atoms with Gasteiger partial charge in [-0.1, -0.05) is 0 Å². The smallest absolute Gasteiger partial charge is 0.164 e. The summed E-state index contributed by atoms with van der Waals surface area (Å²) >= 11 is 0. The lowest BCUT2D eigenvalue weighted by molar-refractivity contribution is 0.459. The van der Waals surface area contributed by atoms with E-state index in [9.17, 15) is 0 Å². The molecule has 0 atom stereocenters. The third-order valence-electron chi connectivity index (χ3n) is 2.03. The van der Waals surface area contributed by atoms with Crippen molar-refractivity contribution in [3.63, 3.8) is 0 Å². The Morgan fingerprint density at radius 3 is 2.87 bits per heavy atom. The molecule has 0 aliphatic carbocycles. The second kappa shape index (κ2) is 4.27. The predicted octanol–water partition coefficient (Wildman–Crippen LogP) is 1.01. The highest BCUT2D eigenvalue weighted by Crippen LogP contribution is 2.05. The second-order valence-corrected chi connectivity index (χ2v) is 3.45. The molecule has 80 valence electrons. The molecule has 2 aromatic rings. The molecule has 1 N–H and O–H groups in total. The van der Waals surface area contributed by atoms with Crippen molar-refractivity contribution in [1.82, 2.24) is 20.1 Å². The van der Waals surface area contributed by atoms with Crippen molar-refractivity contribution in [2.45, 2.75) is 20.0 Å². The predicted molar refractivity (Wildman–Crippen MR) is 55.0 cm³/mol. The Labute approximate surface area is 88.1 Å². The summed E-state index contributed by atoms with van der Waals surface area (Å²) in [6.07, 6.45) is 1.69. The zero-order valence-corrected chi connectivity index (χ0v) is 8.90. The summed E-state index contributed by atoms with van der Waals surface area (Å²) in [5.41, 5.74) is 0. The highest BCUT2D eigenvalue weighted by molar-refractivity contribution is 5.05. The molecule has 0 radical (unpaired) electrons. The van der Waals surface area contributed by atoms with E-state index >= 15 is 0 Å². The van der Waals surface area contributed by atoms with Crippen molar-refractivity contribution in [2.24, 2.45) is 7.05 Å². The number of aromatic nitrogens is 3. The number of rotatable bonds is 4. The maximum atomic E-state index is 5.42. The van der Waals surface area contributed by atoms with Gasteiger partial charge in [0.25, 0.3) is 0 Å². The fraction of sp³-hybridized carbons (Fsp3) is 0.400. The molecule has 2 heterocycles. The quantitative estimate of drug-likeness (QED) is 0.811. The summed E-state index contributed by atoms with van der Waals surface area (Å²) in [7, 11) is 1.85. The largest absolute Gasteiger partial charge is 0.465 e. The van der Waals surface area contributed by atoms with E-state index < -0.39 is 0 Å². The third-order valence-corrected chi connectivity index (χ3v) is 2.03. The van der Waals surface area contributed by atoms with Crippen LogP contribution < -0.4 is 5.32 Å². The summed E-state index contributed by atoms with van der Waals surface area (Å²) in [6.45, 7) is 3.29. The first-order valence-electron chi connectivity index (χ1n) is 4.84. The van der Waals surface area contributed by atoms with Crippen molar-refractivity contribution in [1.29, 1.82) is 0 Å². The third kappa shape index (κ3) is 2.66. The van der Waals surface area contributed by atoms with Crippen LogP contribution in [0.15, 0.2) is 22.9 Å². The van der Waals surface area contributed by atoms with Crippen molar-refractivity contribution >= 4 is 0 Å². The minimum Gasteiger partial charge on any atom is -0.465 e. The molecule has 0 spiro atoms. The molecule has 0 aromatic carbocycles. The molecule has 0 bridgehead atoms. The topological polar surface area (TPSA) is 55.9 Å². The molecule has 0 aliphatic heterocycles. The molecule has 15 heavy (non-hydrogen) atoms. The zero-order valence-electron chi connectivity index (χ0n) is 8.90. The molecule has 0 aliphatic rings. The molecule has 0 saturated heterocycles. The van der Waals surface area contributed by atoms with Crippen LogP contribution in [-0.4, -0.2) is 14.8 Å². The van der Waals surface area contributed by atoms with E-state index in [-0.39, 0.29) is 0 Å². The van der Waals surface area contributed by atoms with E-state index in [4.69, 9.17) is 4.42 Å². The van der Waals surface area contributed by atoms with Gasteiger partial charge in [-0.25, -0.2) is 4.98 Å². The van der Waals surface area contributed by atoms with E-state index in [1.54, 1.807) is 11.0 Å². The summed E-state index contributed by atoms with van der Waals surface area (Å²) in [6, 6.07) is 3.92. The lowest BCUT2D eigenvalue weighted by atomic mass is 10.4. The van der Waals surface area contributed by atoms with Gasteiger partial charge in [0.15, 0.2) is 5.82 Å². The molecule has 5 nitrogen and oxygen atoms in total. The maximum Gasteiger partial charge on any atom is 0.164 e. The van der Waals surface area contributed by atoms with E-state index in [1.807, 2.05) is 26.1 Å². The van der Waals surface area contributed by atoms with Gasteiger partial charge in [-0.2, -0.15) is 5.10 Å². The van der Waals surface area contributed by atoms with E-state index in [1.165, 1.54) is 0 Å². The molecule has 0 fully saturated rings. The van der Waals surface area contributed by atoms with E-state index in [0.29, 0.717) is 13.1 Å². The van der Waals surface area contributed by atoms with Crippen LogP contribution in [0.25, 0.3) is 0 Å². The molecule has 5 heteroatoms. The number of hydrogen-bond donors (Lipinski definition) is 1. The van der Waals surface area contributed by atoms with Crippen LogP contribution in [0.2, 0.25) is 0 Å². The lowest BCUT2D eigenvalue weighted by Gasteiger charge is -1.98. The van der Waals surface area contributed by atoms with Gasteiger partial charge in [0.2, 0.25) is 0 Å². The summed E-state index contributed by atoms with van der Waals surface area (Å²) in [4.78, 5) is 4.11. The van der Waals surface area contributed by atoms with Crippen LogP contribution in [0.5, 0.6) is 0 Å². The highest BCUT2D eigenvalue weighted by atomic mass is 16.3.